The van der Waals surface area contributed by atoms with Crippen LogP contribution in [0.4, 0.5) is 0 Å². The number of piperidine rings is 1. The molecule has 3 rings (SSSR count). The van der Waals surface area contributed by atoms with Gasteiger partial charge in [-0.25, -0.2) is 0 Å². The molecule has 0 spiro atoms. The molecule has 1 N–H and O–H groups in total. The third-order valence-corrected chi connectivity index (χ3v) is 4.16. The van der Waals surface area contributed by atoms with Gasteiger partial charge in [-0.2, -0.15) is 0 Å². The van der Waals surface area contributed by atoms with Gasteiger partial charge in [0.15, 0.2) is 0 Å². The molecule has 0 saturated carbocycles. The van der Waals surface area contributed by atoms with Gasteiger partial charge in [0, 0.05) is 6.04 Å². The van der Waals surface area contributed by atoms with Crippen LogP contribution < -0.4 is 5.32 Å². The first-order valence-corrected chi connectivity index (χ1v) is 6.90. The van der Waals surface area contributed by atoms with Crippen molar-refractivity contribution in [2.24, 2.45) is 0 Å². The molecule has 0 radical (unpaired) electrons. The summed E-state index contributed by atoms with van der Waals surface area (Å²) in [6.07, 6.45) is 3.35. The highest BCUT2D eigenvalue weighted by atomic mass is 16.2. The maximum Gasteiger partial charge on any atom is 0.261 e. The fraction of sp³-hybridized carbons (Fsp3) is 0.467. The molecule has 19 heavy (non-hydrogen) atoms. The molecule has 2 unspecified atom stereocenters. The van der Waals surface area contributed by atoms with Crippen molar-refractivity contribution in [3.05, 3.63) is 35.4 Å². The van der Waals surface area contributed by atoms with E-state index in [4.69, 9.17) is 0 Å². The van der Waals surface area contributed by atoms with Crippen molar-refractivity contribution >= 4 is 11.8 Å². The van der Waals surface area contributed by atoms with Crippen molar-refractivity contribution < 1.29 is 9.59 Å². The van der Waals surface area contributed by atoms with Crippen molar-refractivity contribution in [1.82, 2.24) is 10.2 Å². The molecular weight excluding hydrogens is 240 g/mol. The van der Waals surface area contributed by atoms with Crippen LogP contribution in [0.15, 0.2) is 24.3 Å². The van der Waals surface area contributed by atoms with Gasteiger partial charge >= 0.3 is 0 Å². The Balaban J connectivity index is 1.87. The number of imide groups is 1. The van der Waals surface area contributed by atoms with Crippen molar-refractivity contribution in [2.45, 2.75) is 38.3 Å². The van der Waals surface area contributed by atoms with E-state index in [9.17, 15) is 9.59 Å². The van der Waals surface area contributed by atoms with Gasteiger partial charge in [0.05, 0.1) is 17.2 Å². The van der Waals surface area contributed by atoms with Crippen LogP contribution in [0, 0.1) is 0 Å². The number of fused-ring (bicyclic) bond motifs is 1. The third kappa shape index (κ3) is 1.96. The van der Waals surface area contributed by atoms with Crippen LogP contribution in [0.25, 0.3) is 0 Å². The number of carbonyl (C=O) groups is 2. The summed E-state index contributed by atoms with van der Waals surface area (Å²) in [5.41, 5.74) is 1.07. The van der Waals surface area contributed by atoms with Crippen LogP contribution in [0.3, 0.4) is 0 Å². The standard InChI is InChI=1S/C15H18N2O2/c1-10(13-8-4-5-9-16-13)17-14(18)11-6-2-3-7-12(11)15(17)19/h2-3,6-7,10,13,16H,4-5,8-9H2,1H3. The first-order valence-electron chi connectivity index (χ1n) is 6.90. The van der Waals surface area contributed by atoms with Crippen LogP contribution in [0.1, 0.15) is 46.9 Å². The largest absolute Gasteiger partial charge is 0.312 e. The Morgan fingerprint density at radius 2 is 1.79 bits per heavy atom. The predicted octanol–water partition coefficient (Wildman–Crippen LogP) is 1.81. The van der Waals surface area contributed by atoms with Gasteiger partial charge in [-0.3, -0.25) is 14.5 Å². The average Bonchev–Trinajstić information content (AvgIpc) is 2.72. The molecule has 0 bridgehead atoms. The van der Waals surface area contributed by atoms with Crippen molar-refractivity contribution in [1.29, 1.82) is 0 Å². The average molecular weight is 258 g/mol. The number of benzene rings is 1. The molecule has 1 aromatic carbocycles. The van der Waals surface area contributed by atoms with Crippen LogP contribution in [-0.4, -0.2) is 35.3 Å². The third-order valence-electron chi connectivity index (χ3n) is 4.16. The molecule has 2 aliphatic heterocycles. The maximum absolute atomic E-state index is 12.4. The zero-order chi connectivity index (χ0) is 13.4. The summed E-state index contributed by atoms with van der Waals surface area (Å²) in [5, 5.41) is 3.42. The van der Waals surface area contributed by atoms with E-state index in [0.717, 1.165) is 19.4 Å². The van der Waals surface area contributed by atoms with Gasteiger partial charge < -0.3 is 5.32 Å². The Bertz CT molecular complexity index is 486. The van der Waals surface area contributed by atoms with Crippen LogP contribution in [-0.2, 0) is 0 Å². The summed E-state index contributed by atoms with van der Waals surface area (Å²) in [7, 11) is 0. The molecule has 1 fully saturated rings. The molecule has 0 aliphatic carbocycles. The van der Waals surface area contributed by atoms with E-state index in [0.29, 0.717) is 11.1 Å². The monoisotopic (exact) mass is 258 g/mol. The summed E-state index contributed by atoms with van der Waals surface area (Å²) >= 11 is 0. The van der Waals surface area contributed by atoms with Crippen LogP contribution >= 0.6 is 0 Å². The van der Waals surface area contributed by atoms with E-state index >= 15 is 0 Å². The van der Waals surface area contributed by atoms with Gasteiger partial charge in [0.25, 0.3) is 11.8 Å². The quantitative estimate of drug-likeness (QED) is 0.823. The Morgan fingerprint density at radius 3 is 2.32 bits per heavy atom. The van der Waals surface area contributed by atoms with E-state index in [1.54, 1.807) is 24.3 Å². The number of carbonyl (C=O) groups excluding carboxylic acids is 2. The molecule has 100 valence electrons. The van der Waals surface area contributed by atoms with Crippen molar-refractivity contribution in [2.75, 3.05) is 6.54 Å². The maximum atomic E-state index is 12.4. The van der Waals surface area contributed by atoms with E-state index < -0.39 is 0 Å². The lowest BCUT2D eigenvalue weighted by Crippen LogP contribution is -2.52. The molecule has 2 heterocycles. The zero-order valence-corrected chi connectivity index (χ0v) is 11.1. The minimum absolute atomic E-state index is 0.0901. The topological polar surface area (TPSA) is 49.4 Å². The molecule has 2 amide bonds. The van der Waals surface area contributed by atoms with E-state index in [1.165, 1.54) is 11.3 Å². The molecule has 1 saturated heterocycles. The first kappa shape index (κ1) is 12.4. The molecular formula is C15H18N2O2. The minimum atomic E-state index is -0.152. The molecule has 2 aliphatic rings. The second-order valence-corrected chi connectivity index (χ2v) is 5.32. The lowest BCUT2D eigenvalue weighted by atomic mass is 9.98. The minimum Gasteiger partial charge on any atom is -0.312 e. The smallest absolute Gasteiger partial charge is 0.261 e. The van der Waals surface area contributed by atoms with Crippen LogP contribution in [0.5, 0.6) is 0 Å². The van der Waals surface area contributed by atoms with Gasteiger partial charge in [-0.15, -0.1) is 0 Å². The normalized spacial score (nSPS) is 24.5. The lowest BCUT2D eigenvalue weighted by molar-refractivity contribution is 0.0552. The lowest BCUT2D eigenvalue weighted by Gasteiger charge is -2.33. The first-order chi connectivity index (χ1) is 9.20. The number of hydrogen-bond donors (Lipinski definition) is 1. The molecule has 4 nitrogen and oxygen atoms in total. The predicted molar refractivity (Wildman–Crippen MR) is 72.0 cm³/mol. The Hall–Kier alpha value is -1.68. The van der Waals surface area contributed by atoms with Crippen LogP contribution in [0.2, 0.25) is 0 Å². The second kappa shape index (κ2) is 4.78. The SMILES string of the molecule is CC(C1CCCCN1)N1C(=O)c2ccccc2C1=O. The van der Waals surface area contributed by atoms with E-state index in [1.807, 2.05) is 6.92 Å². The molecule has 2 atom stereocenters. The molecule has 4 heteroatoms. The highest BCUT2D eigenvalue weighted by Crippen LogP contribution is 2.26. The Labute approximate surface area is 112 Å². The number of amides is 2. The summed E-state index contributed by atoms with van der Waals surface area (Å²) in [4.78, 5) is 26.2. The molecule has 1 aromatic rings. The zero-order valence-electron chi connectivity index (χ0n) is 11.1. The van der Waals surface area contributed by atoms with Crippen molar-refractivity contribution in [3.8, 4) is 0 Å². The second-order valence-electron chi connectivity index (χ2n) is 5.32. The fourth-order valence-corrected chi connectivity index (χ4v) is 3.05. The van der Waals surface area contributed by atoms with Gasteiger partial charge in [0.2, 0.25) is 0 Å². The number of nitrogens with zero attached hydrogens (tertiary/aromatic N) is 1. The van der Waals surface area contributed by atoms with Gasteiger partial charge in [-0.05, 0) is 38.4 Å². The highest BCUT2D eigenvalue weighted by Gasteiger charge is 2.40. The van der Waals surface area contributed by atoms with Crippen molar-refractivity contribution in [3.63, 3.8) is 0 Å². The number of rotatable bonds is 2. The van der Waals surface area contributed by atoms with Gasteiger partial charge in [-0.1, -0.05) is 18.6 Å². The van der Waals surface area contributed by atoms with Gasteiger partial charge in [0.1, 0.15) is 0 Å². The summed E-state index contributed by atoms with van der Waals surface area (Å²) in [5.74, 6) is -0.305. The fourth-order valence-electron chi connectivity index (χ4n) is 3.05. The summed E-state index contributed by atoms with van der Waals surface area (Å²) in [6, 6.07) is 7.20. The summed E-state index contributed by atoms with van der Waals surface area (Å²) in [6.45, 7) is 2.93. The number of hydrogen-bond acceptors (Lipinski definition) is 3. The molecule has 0 aromatic heterocycles. The Kier molecular flexibility index (Phi) is 3.11. The van der Waals surface area contributed by atoms with E-state index in [2.05, 4.69) is 5.32 Å². The summed E-state index contributed by atoms with van der Waals surface area (Å²) < 4.78 is 0. The number of nitrogens with one attached hydrogen (secondary N) is 1. The highest BCUT2D eigenvalue weighted by molar-refractivity contribution is 6.21. The Morgan fingerprint density at radius 1 is 1.16 bits per heavy atom. The van der Waals surface area contributed by atoms with E-state index in [-0.39, 0.29) is 23.9 Å².